The molecule has 0 saturated heterocycles. The molecule has 0 aromatic heterocycles. The van der Waals surface area contributed by atoms with E-state index >= 15 is 0 Å². The molecule has 1 aliphatic rings. The summed E-state index contributed by atoms with van der Waals surface area (Å²) in [6.45, 7) is 8.23. The van der Waals surface area contributed by atoms with E-state index in [2.05, 4.69) is 36.1 Å². The Morgan fingerprint density at radius 2 is 1.95 bits per heavy atom. The van der Waals surface area contributed by atoms with Gasteiger partial charge in [0.25, 0.3) is 0 Å². The lowest BCUT2D eigenvalue weighted by molar-refractivity contribution is -0.124. The summed E-state index contributed by atoms with van der Waals surface area (Å²) in [5, 5.41) is 3.41. The van der Waals surface area contributed by atoms with Crippen LogP contribution in [0.5, 0.6) is 0 Å². The molecule has 1 fully saturated rings. The molecule has 5 heteroatoms. The summed E-state index contributed by atoms with van der Waals surface area (Å²) in [5.74, 6) is -0.228. The Morgan fingerprint density at radius 1 is 1.30 bits per heavy atom. The summed E-state index contributed by atoms with van der Waals surface area (Å²) in [5.41, 5.74) is 5.03. The molecule has 0 aromatic carbocycles. The van der Waals surface area contributed by atoms with Gasteiger partial charge in [0.1, 0.15) is 0 Å². The highest BCUT2D eigenvalue weighted by molar-refractivity contribution is 5.84. The molecular weight excluding hydrogens is 252 g/mol. The van der Waals surface area contributed by atoms with Crippen molar-refractivity contribution in [2.75, 3.05) is 40.3 Å². The van der Waals surface area contributed by atoms with Gasteiger partial charge < -0.3 is 20.9 Å². The van der Waals surface area contributed by atoms with Crippen molar-refractivity contribution in [1.29, 1.82) is 0 Å². The zero-order valence-electron chi connectivity index (χ0n) is 13.6. The average molecular weight is 284 g/mol. The predicted molar refractivity (Wildman–Crippen MR) is 83.7 cm³/mol. The van der Waals surface area contributed by atoms with Crippen molar-refractivity contribution >= 4 is 5.91 Å². The van der Waals surface area contributed by atoms with Crippen LogP contribution in [0.15, 0.2) is 0 Å². The summed E-state index contributed by atoms with van der Waals surface area (Å²) in [6.07, 6.45) is 4.28. The maximum absolute atomic E-state index is 11.7. The monoisotopic (exact) mass is 284 g/mol. The maximum atomic E-state index is 11.7. The highest BCUT2D eigenvalue weighted by Crippen LogP contribution is 2.24. The predicted octanol–water partition coefficient (Wildman–Crippen LogP) is 0.646. The number of carbonyl (C=O) groups is 1. The van der Waals surface area contributed by atoms with Crippen LogP contribution in [0.25, 0.3) is 0 Å². The number of carbonyl (C=O) groups excluding carboxylic acids is 1. The lowest BCUT2D eigenvalue weighted by Crippen LogP contribution is -2.55. The van der Waals surface area contributed by atoms with Crippen molar-refractivity contribution in [2.24, 2.45) is 5.73 Å². The van der Waals surface area contributed by atoms with Gasteiger partial charge in [-0.1, -0.05) is 6.92 Å². The third kappa shape index (κ3) is 6.20. The summed E-state index contributed by atoms with van der Waals surface area (Å²) >= 11 is 0. The second-order valence-corrected chi connectivity index (χ2v) is 6.46. The molecule has 0 bridgehead atoms. The van der Waals surface area contributed by atoms with Crippen molar-refractivity contribution in [2.45, 2.75) is 51.1 Å². The van der Waals surface area contributed by atoms with Crippen LogP contribution in [-0.2, 0) is 4.79 Å². The zero-order chi connectivity index (χ0) is 15.2. The van der Waals surface area contributed by atoms with Crippen LogP contribution >= 0.6 is 0 Å². The van der Waals surface area contributed by atoms with Gasteiger partial charge in [-0.3, -0.25) is 4.79 Å². The number of nitrogens with zero attached hydrogens (tertiary/aromatic N) is 2. The molecule has 1 atom stereocenters. The third-order valence-corrected chi connectivity index (χ3v) is 4.10. The fraction of sp³-hybridized carbons (Fsp3) is 0.933. The Kier molecular flexibility index (Phi) is 6.92. The van der Waals surface area contributed by atoms with Crippen LogP contribution in [0.2, 0.25) is 0 Å². The molecule has 1 rings (SSSR count). The third-order valence-electron chi connectivity index (χ3n) is 4.10. The minimum atomic E-state index is -0.559. The fourth-order valence-electron chi connectivity index (χ4n) is 2.36. The van der Waals surface area contributed by atoms with Crippen molar-refractivity contribution in [3.8, 4) is 0 Å². The van der Waals surface area contributed by atoms with Crippen LogP contribution in [0.3, 0.4) is 0 Å². The Labute approximate surface area is 123 Å². The first-order valence-electron chi connectivity index (χ1n) is 7.82. The van der Waals surface area contributed by atoms with Crippen LogP contribution in [-0.4, -0.2) is 67.6 Å². The summed E-state index contributed by atoms with van der Waals surface area (Å²) in [4.78, 5) is 16.3. The van der Waals surface area contributed by atoms with Gasteiger partial charge in [0.15, 0.2) is 0 Å². The van der Waals surface area contributed by atoms with Crippen LogP contribution < -0.4 is 11.1 Å². The van der Waals surface area contributed by atoms with Gasteiger partial charge in [0.05, 0.1) is 5.54 Å². The molecule has 1 amide bonds. The lowest BCUT2D eigenvalue weighted by Gasteiger charge is -2.31. The molecule has 1 saturated carbocycles. The van der Waals surface area contributed by atoms with E-state index in [1.54, 1.807) is 0 Å². The summed E-state index contributed by atoms with van der Waals surface area (Å²) in [7, 11) is 4.19. The first-order chi connectivity index (χ1) is 9.37. The Bertz CT molecular complexity index is 304. The van der Waals surface area contributed by atoms with E-state index < -0.39 is 5.54 Å². The topological polar surface area (TPSA) is 61.6 Å². The Morgan fingerprint density at radius 3 is 2.40 bits per heavy atom. The number of nitrogens with one attached hydrogen (secondary N) is 1. The van der Waals surface area contributed by atoms with Crippen LogP contribution in [0.4, 0.5) is 0 Å². The largest absolute Gasteiger partial charge is 0.368 e. The van der Waals surface area contributed by atoms with Gasteiger partial charge in [0.2, 0.25) is 5.91 Å². The molecule has 20 heavy (non-hydrogen) atoms. The first kappa shape index (κ1) is 17.4. The van der Waals surface area contributed by atoms with Crippen molar-refractivity contribution < 1.29 is 4.79 Å². The number of nitrogens with two attached hydrogens (primary N) is 1. The minimum absolute atomic E-state index is 0.228. The second kappa shape index (κ2) is 7.96. The standard InChI is InChI=1S/C15H32N4O/c1-5-19(11-6-10-18(3)4)12-9-15(2,14(16)20)17-13-7-8-13/h13,17H,5-12H2,1-4H3,(H2,16,20). The van der Waals surface area contributed by atoms with E-state index in [-0.39, 0.29) is 5.91 Å². The molecule has 0 aromatic rings. The van der Waals surface area contributed by atoms with Crippen LogP contribution in [0.1, 0.15) is 39.5 Å². The zero-order valence-corrected chi connectivity index (χ0v) is 13.6. The molecule has 3 N–H and O–H groups in total. The van der Waals surface area contributed by atoms with Gasteiger partial charge in [0, 0.05) is 12.6 Å². The molecule has 1 unspecified atom stereocenters. The van der Waals surface area contributed by atoms with Gasteiger partial charge in [-0.05, 0) is 66.3 Å². The van der Waals surface area contributed by atoms with Gasteiger partial charge in [-0.25, -0.2) is 0 Å². The van der Waals surface area contributed by atoms with Crippen LogP contribution in [0, 0.1) is 0 Å². The van der Waals surface area contributed by atoms with Crippen molar-refractivity contribution in [1.82, 2.24) is 15.1 Å². The molecule has 0 aliphatic heterocycles. The SMILES string of the molecule is CCN(CCCN(C)C)CCC(C)(NC1CC1)C(N)=O. The highest BCUT2D eigenvalue weighted by Gasteiger charge is 2.36. The van der Waals surface area contributed by atoms with E-state index in [1.807, 2.05) is 6.92 Å². The van der Waals surface area contributed by atoms with E-state index in [9.17, 15) is 4.79 Å². The smallest absolute Gasteiger partial charge is 0.237 e. The maximum Gasteiger partial charge on any atom is 0.237 e. The van der Waals surface area contributed by atoms with E-state index in [0.717, 1.165) is 39.0 Å². The summed E-state index contributed by atoms with van der Waals surface area (Å²) < 4.78 is 0. The molecule has 0 spiro atoms. The molecule has 0 radical (unpaired) electrons. The van der Waals surface area contributed by atoms with E-state index in [1.165, 1.54) is 12.8 Å². The molecule has 5 nitrogen and oxygen atoms in total. The molecule has 1 aliphatic carbocycles. The fourth-order valence-corrected chi connectivity index (χ4v) is 2.36. The highest BCUT2D eigenvalue weighted by atomic mass is 16.1. The molecule has 118 valence electrons. The van der Waals surface area contributed by atoms with Crippen molar-refractivity contribution in [3.05, 3.63) is 0 Å². The summed E-state index contributed by atoms with van der Waals surface area (Å²) in [6, 6.07) is 0.497. The normalized spacial score (nSPS) is 18.5. The quantitative estimate of drug-likeness (QED) is 0.585. The van der Waals surface area contributed by atoms with E-state index in [0.29, 0.717) is 6.04 Å². The van der Waals surface area contributed by atoms with Crippen molar-refractivity contribution in [3.63, 3.8) is 0 Å². The number of rotatable bonds is 11. The number of hydrogen-bond acceptors (Lipinski definition) is 4. The second-order valence-electron chi connectivity index (χ2n) is 6.46. The molecular formula is C15H32N4O. The number of primary amides is 1. The van der Waals surface area contributed by atoms with Gasteiger partial charge in [-0.2, -0.15) is 0 Å². The van der Waals surface area contributed by atoms with Gasteiger partial charge in [-0.15, -0.1) is 0 Å². The Balaban J connectivity index is 2.37. The Hall–Kier alpha value is -0.650. The van der Waals surface area contributed by atoms with Gasteiger partial charge >= 0.3 is 0 Å². The van der Waals surface area contributed by atoms with E-state index in [4.69, 9.17) is 5.73 Å². The lowest BCUT2D eigenvalue weighted by atomic mass is 9.96. The minimum Gasteiger partial charge on any atom is -0.368 e. The number of amides is 1. The molecule has 0 heterocycles. The number of hydrogen-bond donors (Lipinski definition) is 2. The average Bonchev–Trinajstić information content (AvgIpc) is 3.16. The first-order valence-corrected chi connectivity index (χ1v) is 7.82.